The molecule has 1 saturated carbocycles. The summed E-state index contributed by atoms with van der Waals surface area (Å²) < 4.78 is 106. The lowest BCUT2D eigenvalue weighted by atomic mass is 9.78. The maximum atomic E-state index is 14.9. The molecule has 0 radical (unpaired) electrons. The SMILES string of the molecule is CC1COC(C2CCC(c3ccc(-c4cc(F)c(/C(F)=C/C(F)(F)F)c(F)c4)c(F)c3)CC2)OC1. The van der Waals surface area contributed by atoms with Crippen LogP contribution in [0.4, 0.5) is 30.7 Å². The van der Waals surface area contributed by atoms with Crippen LogP contribution in [0.1, 0.15) is 49.7 Å². The predicted molar refractivity (Wildman–Crippen MR) is 116 cm³/mol. The molecule has 0 bridgehead atoms. The Morgan fingerprint density at radius 1 is 0.886 bits per heavy atom. The second-order valence-corrected chi connectivity index (χ2v) is 9.34. The first-order chi connectivity index (χ1) is 16.5. The molecular weight excluding hydrogens is 477 g/mol. The Morgan fingerprint density at radius 2 is 1.49 bits per heavy atom. The molecule has 0 atom stereocenters. The summed E-state index contributed by atoms with van der Waals surface area (Å²) in [4.78, 5) is 0. The van der Waals surface area contributed by atoms with E-state index >= 15 is 0 Å². The van der Waals surface area contributed by atoms with Crippen molar-refractivity contribution in [2.45, 2.75) is 51.0 Å². The Labute approximate surface area is 198 Å². The molecule has 0 spiro atoms. The van der Waals surface area contributed by atoms with Crippen LogP contribution >= 0.6 is 0 Å². The van der Waals surface area contributed by atoms with Crippen molar-refractivity contribution < 1.29 is 40.2 Å². The molecule has 1 saturated heterocycles. The highest BCUT2D eigenvalue weighted by molar-refractivity contribution is 5.69. The summed E-state index contributed by atoms with van der Waals surface area (Å²) in [7, 11) is 0. The van der Waals surface area contributed by atoms with Crippen LogP contribution in [0.2, 0.25) is 0 Å². The van der Waals surface area contributed by atoms with E-state index in [1.54, 1.807) is 6.07 Å². The molecule has 2 nitrogen and oxygen atoms in total. The minimum Gasteiger partial charge on any atom is -0.352 e. The van der Waals surface area contributed by atoms with Gasteiger partial charge >= 0.3 is 6.18 Å². The molecule has 35 heavy (non-hydrogen) atoms. The zero-order valence-corrected chi connectivity index (χ0v) is 19.0. The molecule has 9 heteroatoms. The van der Waals surface area contributed by atoms with Gasteiger partial charge in [0.25, 0.3) is 0 Å². The first-order valence-corrected chi connectivity index (χ1v) is 11.5. The zero-order valence-electron chi connectivity index (χ0n) is 19.0. The summed E-state index contributed by atoms with van der Waals surface area (Å²) >= 11 is 0. The second-order valence-electron chi connectivity index (χ2n) is 9.34. The number of hydrogen-bond acceptors (Lipinski definition) is 2. The lowest BCUT2D eigenvalue weighted by Gasteiger charge is -2.37. The van der Waals surface area contributed by atoms with E-state index in [0.717, 1.165) is 31.2 Å². The monoisotopic (exact) mass is 502 g/mol. The summed E-state index contributed by atoms with van der Waals surface area (Å²) in [5.74, 6) is -5.17. The van der Waals surface area contributed by atoms with Crippen LogP contribution in [0.15, 0.2) is 36.4 Å². The molecule has 1 heterocycles. The van der Waals surface area contributed by atoms with Gasteiger partial charge in [0.1, 0.15) is 23.3 Å². The highest BCUT2D eigenvalue weighted by Gasteiger charge is 2.32. The van der Waals surface area contributed by atoms with Gasteiger partial charge in [0.15, 0.2) is 6.29 Å². The first-order valence-electron chi connectivity index (χ1n) is 11.5. The highest BCUT2D eigenvalue weighted by atomic mass is 19.4. The molecule has 4 rings (SSSR count). The zero-order chi connectivity index (χ0) is 25.3. The third-order valence-electron chi connectivity index (χ3n) is 6.59. The van der Waals surface area contributed by atoms with E-state index in [1.807, 2.05) is 0 Å². The third kappa shape index (κ3) is 6.06. The average molecular weight is 502 g/mol. The molecule has 0 amide bonds. The van der Waals surface area contributed by atoms with E-state index in [0.29, 0.717) is 31.3 Å². The third-order valence-corrected chi connectivity index (χ3v) is 6.59. The van der Waals surface area contributed by atoms with Crippen LogP contribution in [0.5, 0.6) is 0 Å². The van der Waals surface area contributed by atoms with Crippen molar-refractivity contribution in [2.24, 2.45) is 11.8 Å². The largest absolute Gasteiger partial charge is 0.412 e. The fraction of sp³-hybridized carbons (Fsp3) is 0.462. The van der Waals surface area contributed by atoms with Gasteiger partial charge in [-0.2, -0.15) is 13.2 Å². The Balaban J connectivity index is 1.48. The van der Waals surface area contributed by atoms with Gasteiger partial charge < -0.3 is 9.47 Å². The maximum absolute atomic E-state index is 14.9. The van der Waals surface area contributed by atoms with Crippen LogP contribution in [0.3, 0.4) is 0 Å². The molecule has 2 fully saturated rings. The van der Waals surface area contributed by atoms with Crippen LogP contribution < -0.4 is 0 Å². The van der Waals surface area contributed by atoms with Crippen LogP contribution in [-0.4, -0.2) is 25.7 Å². The molecule has 1 aliphatic carbocycles. The number of rotatable bonds is 4. The average Bonchev–Trinajstić information content (AvgIpc) is 2.78. The van der Waals surface area contributed by atoms with Crippen molar-refractivity contribution >= 4 is 5.83 Å². The van der Waals surface area contributed by atoms with Gasteiger partial charge in [-0.05, 0) is 60.9 Å². The van der Waals surface area contributed by atoms with Crippen molar-refractivity contribution in [3.8, 4) is 11.1 Å². The number of halogens is 7. The quantitative estimate of drug-likeness (QED) is 0.396. The molecule has 0 aromatic heterocycles. The van der Waals surface area contributed by atoms with E-state index in [-0.39, 0.29) is 29.3 Å². The smallest absolute Gasteiger partial charge is 0.352 e. The van der Waals surface area contributed by atoms with Gasteiger partial charge in [-0.3, -0.25) is 0 Å². The Morgan fingerprint density at radius 3 is 2.03 bits per heavy atom. The van der Waals surface area contributed by atoms with Crippen LogP contribution in [0, 0.1) is 29.3 Å². The van der Waals surface area contributed by atoms with Crippen molar-refractivity contribution in [3.63, 3.8) is 0 Å². The topological polar surface area (TPSA) is 18.5 Å². The summed E-state index contributed by atoms with van der Waals surface area (Å²) in [6.45, 7) is 3.40. The molecular formula is C26H25F7O2. The number of hydrogen-bond donors (Lipinski definition) is 0. The number of alkyl halides is 3. The van der Waals surface area contributed by atoms with Crippen molar-refractivity contribution in [1.29, 1.82) is 0 Å². The van der Waals surface area contributed by atoms with E-state index in [1.165, 1.54) is 12.1 Å². The number of ether oxygens (including phenoxy) is 2. The standard InChI is InChI=1S/C26H25F7O2/c1-14-12-34-25(35-13-14)16-4-2-15(3-5-16)17-6-7-19(20(27)8-17)18-9-21(28)24(22(29)10-18)23(30)11-26(31,32)33/h6-11,14-16,25H,2-5,12-13H2,1H3/b23-11-. The highest BCUT2D eigenvalue weighted by Crippen LogP contribution is 2.40. The van der Waals surface area contributed by atoms with Crippen LogP contribution in [0.25, 0.3) is 17.0 Å². The Kier molecular flexibility index (Phi) is 7.57. The van der Waals surface area contributed by atoms with E-state index in [4.69, 9.17) is 9.47 Å². The molecule has 190 valence electrons. The van der Waals surface area contributed by atoms with Gasteiger partial charge in [0.2, 0.25) is 0 Å². The molecule has 0 unspecified atom stereocenters. The Bertz CT molecular complexity index is 1060. The van der Waals surface area contributed by atoms with Crippen molar-refractivity contribution in [2.75, 3.05) is 13.2 Å². The van der Waals surface area contributed by atoms with Gasteiger partial charge in [-0.25, -0.2) is 17.6 Å². The van der Waals surface area contributed by atoms with E-state index in [2.05, 4.69) is 6.92 Å². The van der Waals surface area contributed by atoms with Crippen molar-refractivity contribution in [3.05, 3.63) is 65.0 Å². The molecule has 2 aliphatic rings. The molecule has 2 aromatic rings. The fourth-order valence-corrected chi connectivity index (χ4v) is 4.80. The molecule has 0 N–H and O–H groups in total. The maximum Gasteiger partial charge on any atom is 0.412 e. The molecule has 1 aliphatic heterocycles. The fourth-order valence-electron chi connectivity index (χ4n) is 4.80. The van der Waals surface area contributed by atoms with Crippen molar-refractivity contribution in [1.82, 2.24) is 0 Å². The number of benzene rings is 2. The summed E-state index contributed by atoms with van der Waals surface area (Å²) in [6.07, 6.45) is -2.78. The first kappa shape index (κ1) is 25.7. The van der Waals surface area contributed by atoms with Crippen LogP contribution in [-0.2, 0) is 9.47 Å². The minimum absolute atomic E-state index is 0.106. The van der Waals surface area contributed by atoms with E-state index in [9.17, 15) is 30.7 Å². The normalized spacial score (nSPS) is 26.1. The molecule has 2 aromatic carbocycles. The minimum atomic E-state index is -5.09. The summed E-state index contributed by atoms with van der Waals surface area (Å²) in [5, 5.41) is 0. The lowest BCUT2D eigenvalue weighted by Crippen LogP contribution is -2.37. The second kappa shape index (κ2) is 10.3. The summed E-state index contributed by atoms with van der Waals surface area (Å²) in [5.41, 5.74) is -1.07. The van der Waals surface area contributed by atoms with E-state index < -0.39 is 41.1 Å². The lowest BCUT2D eigenvalue weighted by molar-refractivity contribution is -0.226. The Hall–Kier alpha value is -2.39. The predicted octanol–water partition coefficient (Wildman–Crippen LogP) is 7.93. The van der Waals surface area contributed by atoms with Gasteiger partial charge in [-0.15, -0.1) is 0 Å². The number of allylic oxidation sites excluding steroid dienone is 1. The van der Waals surface area contributed by atoms with Gasteiger partial charge in [-0.1, -0.05) is 19.1 Å². The summed E-state index contributed by atoms with van der Waals surface area (Å²) in [6, 6.07) is 5.60. The van der Waals surface area contributed by atoms with Gasteiger partial charge in [0.05, 0.1) is 24.9 Å². The van der Waals surface area contributed by atoms with Gasteiger partial charge in [0, 0.05) is 17.4 Å².